The number of aryl methyl sites for hydroxylation is 1. The second-order valence-electron chi connectivity index (χ2n) is 3.79. The molecule has 80 valence electrons. The van der Waals surface area contributed by atoms with Crippen LogP contribution < -0.4 is 5.32 Å². The Kier molecular flexibility index (Phi) is 4.21. The van der Waals surface area contributed by atoms with Crippen LogP contribution >= 0.6 is 0 Å². The van der Waals surface area contributed by atoms with Gasteiger partial charge < -0.3 is 9.73 Å². The second kappa shape index (κ2) is 5.20. The molecule has 1 N–H and O–H groups in total. The van der Waals surface area contributed by atoms with Gasteiger partial charge in [-0.3, -0.25) is 0 Å². The van der Waals surface area contributed by atoms with Crippen LogP contribution in [-0.4, -0.2) is 7.05 Å². The summed E-state index contributed by atoms with van der Waals surface area (Å²) in [5.74, 6) is 2.72. The average molecular weight is 195 g/mol. The lowest BCUT2D eigenvalue weighted by Gasteiger charge is -2.22. The van der Waals surface area contributed by atoms with E-state index in [2.05, 4.69) is 25.2 Å². The minimum Gasteiger partial charge on any atom is -0.465 e. The van der Waals surface area contributed by atoms with Crippen LogP contribution in [0, 0.1) is 12.8 Å². The minimum atomic E-state index is 0.360. The molecular weight excluding hydrogens is 174 g/mol. The van der Waals surface area contributed by atoms with Crippen molar-refractivity contribution in [3.05, 3.63) is 23.7 Å². The summed E-state index contributed by atoms with van der Waals surface area (Å²) in [6.45, 7) is 6.45. The van der Waals surface area contributed by atoms with E-state index in [0.29, 0.717) is 12.0 Å². The molecule has 0 bridgehead atoms. The highest BCUT2D eigenvalue weighted by molar-refractivity contribution is 5.10. The topological polar surface area (TPSA) is 25.2 Å². The van der Waals surface area contributed by atoms with E-state index in [9.17, 15) is 0 Å². The van der Waals surface area contributed by atoms with E-state index in [1.165, 1.54) is 12.8 Å². The van der Waals surface area contributed by atoms with Gasteiger partial charge >= 0.3 is 0 Å². The standard InChI is InChI=1S/C12H21NO/c1-5-10(6-2)12(13-4)11-8-7-9(3)14-11/h7-8,10,12-13H,5-6H2,1-4H3. The van der Waals surface area contributed by atoms with Crippen molar-refractivity contribution in [3.63, 3.8) is 0 Å². The zero-order valence-electron chi connectivity index (χ0n) is 9.63. The first kappa shape index (κ1) is 11.3. The van der Waals surface area contributed by atoms with Gasteiger partial charge in [-0.2, -0.15) is 0 Å². The number of furan rings is 1. The SMILES string of the molecule is CCC(CC)C(NC)c1ccc(C)o1. The largest absolute Gasteiger partial charge is 0.465 e. The molecule has 1 aromatic heterocycles. The van der Waals surface area contributed by atoms with E-state index in [-0.39, 0.29) is 0 Å². The van der Waals surface area contributed by atoms with Gasteiger partial charge in [0.15, 0.2) is 0 Å². The van der Waals surface area contributed by atoms with E-state index in [0.717, 1.165) is 11.5 Å². The van der Waals surface area contributed by atoms with Gasteiger partial charge in [0, 0.05) is 0 Å². The van der Waals surface area contributed by atoms with E-state index in [1.54, 1.807) is 0 Å². The highest BCUT2D eigenvalue weighted by Crippen LogP contribution is 2.27. The van der Waals surface area contributed by atoms with Gasteiger partial charge in [-0.15, -0.1) is 0 Å². The molecule has 0 aliphatic rings. The van der Waals surface area contributed by atoms with Crippen LogP contribution in [0.5, 0.6) is 0 Å². The number of hydrogen-bond acceptors (Lipinski definition) is 2. The Morgan fingerprint density at radius 3 is 2.29 bits per heavy atom. The number of rotatable bonds is 5. The Hall–Kier alpha value is -0.760. The monoisotopic (exact) mass is 195 g/mol. The van der Waals surface area contributed by atoms with Gasteiger partial charge in [0.05, 0.1) is 6.04 Å². The first-order valence-electron chi connectivity index (χ1n) is 5.46. The van der Waals surface area contributed by atoms with Crippen LogP contribution in [0.3, 0.4) is 0 Å². The maximum Gasteiger partial charge on any atom is 0.121 e. The van der Waals surface area contributed by atoms with Crippen molar-refractivity contribution in [1.29, 1.82) is 0 Å². The molecule has 1 rings (SSSR count). The van der Waals surface area contributed by atoms with Crippen molar-refractivity contribution < 1.29 is 4.42 Å². The van der Waals surface area contributed by atoms with E-state index < -0.39 is 0 Å². The summed E-state index contributed by atoms with van der Waals surface area (Å²) in [6.07, 6.45) is 2.36. The Balaban J connectivity index is 2.80. The smallest absolute Gasteiger partial charge is 0.121 e. The fraction of sp³-hybridized carbons (Fsp3) is 0.667. The number of nitrogens with one attached hydrogen (secondary N) is 1. The zero-order valence-corrected chi connectivity index (χ0v) is 9.63. The molecule has 14 heavy (non-hydrogen) atoms. The lowest BCUT2D eigenvalue weighted by molar-refractivity contribution is 0.304. The quantitative estimate of drug-likeness (QED) is 0.780. The van der Waals surface area contributed by atoms with Crippen molar-refractivity contribution in [2.45, 2.75) is 39.7 Å². The Morgan fingerprint density at radius 2 is 1.93 bits per heavy atom. The van der Waals surface area contributed by atoms with E-state index in [4.69, 9.17) is 4.42 Å². The van der Waals surface area contributed by atoms with Crippen LogP contribution in [0.4, 0.5) is 0 Å². The van der Waals surface area contributed by atoms with Crippen LogP contribution in [0.25, 0.3) is 0 Å². The molecule has 1 unspecified atom stereocenters. The molecule has 0 saturated heterocycles. The fourth-order valence-corrected chi connectivity index (χ4v) is 1.99. The van der Waals surface area contributed by atoms with Gasteiger partial charge in [-0.1, -0.05) is 26.7 Å². The third-order valence-corrected chi connectivity index (χ3v) is 2.90. The maximum atomic E-state index is 5.66. The molecule has 2 nitrogen and oxygen atoms in total. The Bertz CT molecular complexity index is 263. The van der Waals surface area contributed by atoms with Gasteiger partial charge in [-0.05, 0) is 32.0 Å². The summed E-state index contributed by atoms with van der Waals surface area (Å²) in [4.78, 5) is 0. The van der Waals surface area contributed by atoms with Crippen molar-refractivity contribution in [1.82, 2.24) is 5.32 Å². The Morgan fingerprint density at radius 1 is 1.29 bits per heavy atom. The highest BCUT2D eigenvalue weighted by Gasteiger charge is 2.21. The molecule has 0 amide bonds. The molecule has 1 aromatic rings. The lowest BCUT2D eigenvalue weighted by Crippen LogP contribution is -2.24. The van der Waals surface area contributed by atoms with Crippen LogP contribution in [0.2, 0.25) is 0 Å². The molecule has 0 radical (unpaired) electrons. The lowest BCUT2D eigenvalue weighted by atomic mass is 9.92. The number of hydrogen-bond donors (Lipinski definition) is 1. The average Bonchev–Trinajstić information content (AvgIpc) is 2.60. The van der Waals surface area contributed by atoms with Gasteiger partial charge in [0.2, 0.25) is 0 Å². The summed E-state index contributed by atoms with van der Waals surface area (Å²) < 4.78 is 5.66. The van der Waals surface area contributed by atoms with Gasteiger partial charge in [0.1, 0.15) is 11.5 Å². The van der Waals surface area contributed by atoms with Gasteiger partial charge in [0.25, 0.3) is 0 Å². The molecule has 0 aliphatic heterocycles. The third kappa shape index (κ3) is 2.38. The summed E-state index contributed by atoms with van der Waals surface area (Å²) in [7, 11) is 2.00. The fourth-order valence-electron chi connectivity index (χ4n) is 1.99. The van der Waals surface area contributed by atoms with Crippen LogP contribution in [-0.2, 0) is 0 Å². The second-order valence-corrected chi connectivity index (χ2v) is 3.79. The molecule has 0 spiro atoms. The summed E-state index contributed by atoms with van der Waals surface area (Å²) in [5.41, 5.74) is 0. The highest BCUT2D eigenvalue weighted by atomic mass is 16.3. The van der Waals surface area contributed by atoms with Crippen molar-refractivity contribution in [2.24, 2.45) is 5.92 Å². The first-order valence-corrected chi connectivity index (χ1v) is 5.46. The van der Waals surface area contributed by atoms with Crippen molar-refractivity contribution in [3.8, 4) is 0 Å². The van der Waals surface area contributed by atoms with Gasteiger partial charge in [-0.25, -0.2) is 0 Å². The van der Waals surface area contributed by atoms with E-state index in [1.807, 2.05) is 20.0 Å². The third-order valence-electron chi connectivity index (χ3n) is 2.90. The van der Waals surface area contributed by atoms with E-state index >= 15 is 0 Å². The molecule has 0 fully saturated rings. The molecule has 1 atom stereocenters. The summed E-state index contributed by atoms with van der Waals surface area (Å²) in [5, 5.41) is 3.34. The first-order chi connectivity index (χ1) is 6.72. The van der Waals surface area contributed by atoms with Crippen LogP contribution in [0.15, 0.2) is 16.5 Å². The predicted octanol–water partition coefficient (Wildman–Crippen LogP) is 3.28. The van der Waals surface area contributed by atoms with Crippen molar-refractivity contribution >= 4 is 0 Å². The molecule has 2 heteroatoms. The molecule has 0 aliphatic carbocycles. The molecule has 1 heterocycles. The predicted molar refractivity (Wildman–Crippen MR) is 59.3 cm³/mol. The molecule has 0 aromatic carbocycles. The minimum absolute atomic E-state index is 0.360. The molecular formula is C12H21NO. The Labute approximate surface area is 86.7 Å². The maximum absolute atomic E-state index is 5.66. The van der Waals surface area contributed by atoms with Crippen molar-refractivity contribution in [2.75, 3.05) is 7.05 Å². The zero-order chi connectivity index (χ0) is 10.6. The molecule has 0 saturated carbocycles. The summed E-state index contributed by atoms with van der Waals surface area (Å²) in [6, 6.07) is 4.47. The summed E-state index contributed by atoms with van der Waals surface area (Å²) >= 11 is 0. The normalized spacial score (nSPS) is 13.5. The van der Waals surface area contributed by atoms with Crippen LogP contribution in [0.1, 0.15) is 44.3 Å².